The molecule has 0 aliphatic carbocycles. The highest BCUT2D eigenvalue weighted by molar-refractivity contribution is 7.80. The van der Waals surface area contributed by atoms with Crippen LogP contribution in [0.1, 0.15) is 10.6 Å². The first-order valence-corrected chi connectivity index (χ1v) is 8.74. The summed E-state index contributed by atoms with van der Waals surface area (Å²) >= 11 is 5.19. The molecular formula is C20H15N3O4S. The third kappa shape index (κ3) is 3.72. The second-order valence-electron chi connectivity index (χ2n) is 5.82. The van der Waals surface area contributed by atoms with E-state index in [1.165, 1.54) is 6.26 Å². The van der Waals surface area contributed by atoms with Crippen LogP contribution in [0.25, 0.3) is 22.6 Å². The van der Waals surface area contributed by atoms with Gasteiger partial charge in [-0.05, 0) is 54.7 Å². The Morgan fingerprint density at radius 3 is 2.82 bits per heavy atom. The van der Waals surface area contributed by atoms with Crippen molar-refractivity contribution in [2.45, 2.75) is 0 Å². The fourth-order valence-electron chi connectivity index (χ4n) is 2.62. The lowest BCUT2D eigenvalue weighted by molar-refractivity contribution is 0.0950. The number of carbonyl (C=O) groups is 1. The van der Waals surface area contributed by atoms with E-state index < -0.39 is 5.91 Å². The summed E-state index contributed by atoms with van der Waals surface area (Å²) in [7, 11) is 1.60. The Balaban J connectivity index is 1.51. The number of furan rings is 1. The number of benzene rings is 2. The van der Waals surface area contributed by atoms with Crippen LogP contribution < -0.4 is 15.4 Å². The van der Waals surface area contributed by atoms with E-state index in [2.05, 4.69) is 15.6 Å². The number of anilines is 1. The van der Waals surface area contributed by atoms with Gasteiger partial charge in [0, 0.05) is 17.3 Å². The molecule has 0 unspecified atom stereocenters. The predicted molar refractivity (Wildman–Crippen MR) is 108 cm³/mol. The van der Waals surface area contributed by atoms with Crippen LogP contribution in [0.3, 0.4) is 0 Å². The van der Waals surface area contributed by atoms with Gasteiger partial charge in [-0.15, -0.1) is 0 Å². The molecule has 0 aliphatic heterocycles. The molecule has 8 heteroatoms. The van der Waals surface area contributed by atoms with Crippen LogP contribution in [-0.2, 0) is 0 Å². The Morgan fingerprint density at radius 2 is 2.04 bits per heavy atom. The van der Waals surface area contributed by atoms with Gasteiger partial charge in [-0.3, -0.25) is 10.1 Å². The average molecular weight is 393 g/mol. The molecule has 2 aromatic heterocycles. The van der Waals surface area contributed by atoms with E-state index >= 15 is 0 Å². The van der Waals surface area contributed by atoms with E-state index in [1.807, 2.05) is 42.5 Å². The highest BCUT2D eigenvalue weighted by Crippen LogP contribution is 2.28. The SMILES string of the molecule is COc1ccc2oc(-c3cccc(NC(=S)NC(=O)c4ccco4)c3)nc2c1. The number of aromatic nitrogens is 1. The lowest BCUT2D eigenvalue weighted by Gasteiger charge is -2.09. The average Bonchev–Trinajstić information content (AvgIpc) is 3.37. The third-order valence-corrected chi connectivity index (χ3v) is 4.14. The van der Waals surface area contributed by atoms with E-state index in [0.29, 0.717) is 28.4 Å². The minimum Gasteiger partial charge on any atom is -0.497 e. The molecule has 7 nitrogen and oxygen atoms in total. The molecule has 2 heterocycles. The Hall–Kier alpha value is -3.65. The van der Waals surface area contributed by atoms with Gasteiger partial charge >= 0.3 is 0 Å². The Kier molecular flexibility index (Phi) is 4.77. The molecule has 0 fully saturated rings. The number of fused-ring (bicyclic) bond motifs is 1. The third-order valence-electron chi connectivity index (χ3n) is 3.93. The molecule has 0 atom stereocenters. The van der Waals surface area contributed by atoms with Crippen LogP contribution in [-0.4, -0.2) is 23.1 Å². The van der Waals surface area contributed by atoms with E-state index in [0.717, 1.165) is 5.56 Å². The minimum atomic E-state index is -0.424. The van der Waals surface area contributed by atoms with Gasteiger partial charge in [0.1, 0.15) is 11.3 Å². The summed E-state index contributed by atoms with van der Waals surface area (Å²) < 4.78 is 16.1. The summed E-state index contributed by atoms with van der Waals surface area (Å²) in [5, 5.41) is 5.68. The number of thiocarbonyl (C=S) groups is 1. The van der Waals surface area contributed by atoms with Gasteiger partial charge < -0.3 is 18.9 Å². The lowest BCUT2D eigenvalue weighted by atomic mass is 10.2. The normalized spacial score (nSPS) is 10.6. The van der Waals surface area contributed by atoms with Crippen molar-refractivity contribution in [3.05, 3.63) is 66.6 Å². The first-order valence-electron chi connectivity index (χ1n) is 8.33. The van der Waals surface area contributed by atoms with Crippen molar-refractivity contribution in [1.29, 1.82) is 0 Å². The minimum absolute atomic E-state index is 0.154. The maximum Gasteiger partial charge on any atom is 0.293 e. The number of rotatable bonds is 4. The second kappa shape index (κ2) is 7.53. The first-order chi connectivity index (χ1) is 13.6. The van der Waals surface area contributed by atoms with Crippen LogP contribution in [0, 0.1) is 0 Å². The molecule has 0 bridgehead atoms. The Bertz CT molecular complexity index is 1150. The quantitative estimate of drug-likeness (QED) is 0.502. The Morgan fingerprint density at radius 1 is 1.14 bits per heavy atom. The van der Waals surface area contributed by atoms with Crippen LogP contribution in [0.15, 0.2) is 69.7 Å². The van der Waals surface area contributed by atoms with Gasteiger partial charge in [0.05, 0.1) is 13.4 Å². The predicted octanol–water partition coefficient (Wildman–Crippen LogP) is 4.22. The fraction of sp³-hybridized carbons (Fsp3) is 0.0500. The molecule has 2 aromatic carbocycles. The van der Waals surface area contributed by atoms with Gasteiger partial charge in [0.2, 0.25) is 5.89 Å². The summed E-state index contributed by atoms with van der Waals surface area (Å²) in [4.78, 5) is 16.5. The van der Waals surface area contributed by atoms with Crippen LogP contribution in [0.4, 0.5) is 5.69 Å². The van der Waals surface area contributed by atoms with Crippen molar-refractivity contribution in [3.8, 4) is 17.2 Å². The zero-order valence-corrected chi connectivity index (χ0v) is 15.6. The van der Waals surface area contributed by atoms with Crippen molar-refractivity contribution >= 4 is 40.0 Å². The second-order valence-corrected chi connectivity index (χ2v) is 6.23. The van der Waals surface area contributed by atoms with Crippen molar-refractivity contribution in [3.63, 3.8) is 0 Å². The molecule has 4 rings (SSSR count). The summed E-state index contributed by atoms with van der Waals surface area (Å²) in [5.41, 5.74) is 2.81. The molecule has 0 aliphatic rings. The molecule has 0 saturated heterocycles. The smallest absolute Gasteiger partial charge is 0.293 e. The van der Waals surface area contributed by atoms with E-state index in [9.17, 15) is 4.79 Å². The number of ether oxygens (including phenoxy) is 1. The molecule has 2 N–H and O–H groups in total. The number of hydrogen-bond donors (Lipinski definition) is 2. The molecule has 0 saturated carbocycles. The van der Waals surface area contributed by atoms with Crippen LogP contribution in [0.2, 0.25) is 0 Å². The fourth-order valence-corrected chi connectivity index (χ4v) is 2.83. The molecule has 28 heavy (non-hydrogen) atoms. The number of carbonyl (C=O) groups excluding carboxylic acids is 1. The maximum absolute atomic E-state index is 12.0. The Labute approximate surface area is 165 Å². The van der Waals surface area contributed by atoms with Gasteiger partial charge in [0.25, 0.3) is 5.91 Å². The van der Waals surface area contributed by atoms with E-state index in [-0.39, 0.29) is 10.9 Å². The summed E-state index contributed by atoms with van der Waals surface area (Å²) in [6.45, 7) is 0. The first kappa shape index (κ1) is 17.7. The molecule has 4 aromatic rings. The monoisotopic (exact) mass is 393 g/mol. The summed E-state index contributed by atoms with van der Waals surface area (Å²) in [5.74, 6) is 0.934. The van der Waals surface area contributed by atoms with Gasteiger partial charge in [-0.1, -0.05) is 6.07 Å². The standard InChI is InChI=1S/C20H15N3O4S/c1-25-14-7-8-16-15(11-14)22-19(27-16)12-4-2-5-13(10-12)21-20(28)23-18(24)17-6-3-9-26-17/h2-11H,1H3,(H2,21,23,24,28). The number of amides is 1. The van der Waals surface area contributed by atoms with Gasteiger partial charge in [-0.2, -0.15) is 0 Å². The van der Waals surface area contributed by atoms with Gasteiger partial charge in [-0.25, -0.2) is 4.98 Å². The van der Waals surface area contributed by atoms with E-state index in [1.54, 1.807) is 19.2 Å². The lowest BCUT2D eigenvalue weighted by Crippen LogP contribution is -2.33. The van der Waals surface area contributed by atoms with Crippen molar-refractivity contribution < 1.29 is 18.4 Å². The zero-order valence-electron chi connectivity index (χ0n) is 14.8. The van der Waals surface area contributed by atoms with Crippen LogP contribution >= 0.6 is 12.2 Å². The zero-order chi connectivity index (χ0) is 19.5. The van der Waals surface area contributed by atoms with Gasteiger partial charge in [0.15, 0.2) is 16.5 Å². The van der Waals surface area contributed by atoms with Crippen molar-refractivity contribution in [2.75, 3.05) is 12.4 Å². The topological polar surface area (TPSA) is 89.5 Å². The number of methoxy groups -OCH3 is 1. The highest BCUT2D eigenvalue weighted by atomic mass is 32.1. The molecule has 1 amide bonds. The summed E-state index contributed by atoms with van der Waals surface area (Å²) in [6, 6.07) is 16.0. The molecule has 140 valence electrons. The van der Waals surface area contributed by atoms with Crippen molar-refractivity contribution in [2.24, 2.45) is 0 Å². The number of nitrogens with one attached hydrogen (secondary N) is 2. The summed E-state index contributed by atoms with van der Waals surface area (Å²) in [6.07, 6.45) is 1.42. The van der Waals surface area contributed by atoms with E-state index in [4.69, 9.17) is 25.8 Å². The molecule has 0 spiro atoms. The van der Waals surface area contributed by atoms with Crippen LogP contribution in [0.5, 0.6) is 5.75 Å². The molecule has 0 radical (unpaired) electrons. The van der Waals surface area contributed by atoms with Crippen molar-refractivity contribution in [1.82, 2.24) is 10.3 Å². The highest BCUT2D eigenvalue weighted by Gasteiger charge is 2.12. The number of oxazole rings is 1. The largest absolute Gasteiger partial charge is 0.497 e. The number of hydrogen-bond acceptors (Lipinski definition) is 6. The molecular weight excluding hydrogens is 378 g/mol. The maximum atomic E-state index is 12.0. The number of nitrogens with zero attached hydrogens (tertiary/aromatic N) is 1.